The van der Waals surface area contributed by atoms with Gasteiger partial charge in [0, 0.05) is 24.2 Å². The molecule has 150 valence electrons. The molecule has 1 atom stereocenters. The number of pyridine rings is 1. The van der Waals surface area contributed by atoms with Crippen LogP contribution in [0.25, 0.3) is 16.9 Å². The second-order valence-electron chi connectivity index (χ2n) is 6.78. The Labute approximate surface area is 172 Å². The molecule has 0 fully saturated rings. The highest BCUT2D eigenvalue weighted by molar-refractivity contribution is 6.00. The van der Waals surface area contributed by atoms with E-state index in [0.29, 0.717) is 22.4 Å². The minimum absolute atomic E-state index is 0.348. The van der Waals surface area contributed by atoms with E-state index in [9.17, 15) is 13.6 Å². The van der Waals surface area contributed by atoms with Gasteiger partial charge in [-0.25, -0.2) is 13.5 Å². The van der Waals surface area contributed by atoms with Crippen LogP contribution in [-0.4, -0.2) is 20.7 Å². The van der Waals surface area contributed by atoms with E-state index in [-0.39, 0.29) is 5.91 Å². The van der Waals surface area contributed by atoms with Gasteiger partial charge in [-0.2, -0.15) is 5.10 Å². The van der Waals surface area contributed by atoms with Crippen molar-refractivity contribution >= 4 is 5.91 Å². The maximum atomic E-state index is 13.6. The molecule has 1 unspecified atom stereocenters. The Kier molecular flexibility index (Phi) is 5.34. The summed E-state index contributed by atoms with van der Waals surface area (Å²) in [7, 11) is 0. The van der Waals surface area contributed by atoms with Crippen LogP contribution in [0.5, 0.6) is 0 Å². The standard InChI is InChI=1S/C23H18F2N4O/c1-15(16-9-10-20(24)21(25)12-16)27-23(30)19-14-29(18-7-3-2-4-8-18)28-22(19)17-6-5-11-26-13-17/h2-15H,1H3,(H,27,30). The van der Waals surface area contributed by atoms with Crippen LogP contribution in [0.3, 0.4) is 0 Å². The number of hydrogen-bond acceptors (Lipinski definition) is 3. The van der Waals surface area contributed by atoms with Crippen LogP contribution in [0.2, 0.25) is 0 Å². The smallest absolute Gasteiger partial charge is 0.255 e. The molecule has 30 heavy (non-hydrogen) atoms. The van der Waals surface area contributed by atoms with Gasteiger partial charge >= 0.3 is 0 Å². The van der Waals surface area contributed by atoms with Crippen LogP contribution >= 0.6 is 0 Å². The summed E-state index contributed by atoms with van der Waals surface area (Å²) >= 11 is 0. The Hall–Kier alpha value is -3.87. The molecular formula is C23H18F2N4O. The van der Waals surface area contributed by atoms with Crippen molar-refractivity contribution in [1.82, 2.24) is 20.1 Å². The lowest BCUT2D eigenvalue weighted by molar-refractivity contribution is 0.0940. The highest BCUT2D eigenvalue weighted by Crippen LogP contribution is 2.24. The first-order valence-electron chi connectivity index (χ1n) is 9.34. The molecule has 0 radical (unpaired) electrons. The zero-order valence-corrected chi connectivity index (χ0v) is 16.1. The fourth-order valence-electron chi connectivity index (χ4n) is 3.11. The second kappa shape index (κ2) is 8.24. The molecular weight excluding hydrogens is 386 g/mol. The lowest BCUT2D eigenvalue weighted by Crippen LogP contribution is -2.27. The summed E-state index contributed by atoms with van der Waals surface area (Å²) in [5.41, 5.74) is 2.78. The molecule has 5 nitrogen and oxygen atoms in total. The zero-order chi connectivity index (χ0) is 21.1. The molecule has 2 aromatic heterocycles. The predicted molar refractivity (Wildman–Crippen MR) is 109 cm³/mol. The van der Waals surface area contributed by atoms with E-state index in [4.69, 9.17) is 0 Å². The number of benzene rings is 2. The first-order valence-corrected chi connectivity index (χ1v) is 9.34. The first kappa shape index (κ1) is 19.4. The largest absolute Gasteiger partial charge is 0.345 e. The minimum atomic E-state index is -0.957. The summed E-state index contributed by atoms with van der Waals surface area (Å²) in [4.78, 5) is 17.2. The molecule has 2 aromatic carbocycles. The van der Waals surface area contributed by atoms with Gasteiger partial charge in [-0.05, 0) is 48.9 Å². The predicted octanol–water partition coefficient (Wildman–Crippen LogP) is 4.70. The van der Waals surface area contributed by atoms with Crippen molar-refractivity contribution < 1.29 is 13.6 Å². The number of para-hydroxylation sites is 1. The van der Waals surface area contributed by atoms with Crippen LogP contribution < -0.4 is 5.32 Å². The van der Waals surface area contributed by atoms with Crippen LogP contribution in [0, 0.1) is 11.6 Å². The van der Waals surface area contributed by atoms with Gasteiger partial charge in [0.05, 0.1) is 17.3 Å². The number of nitrogens with zero attached hydrogens (tertiary/aromatic N) is 3. The zero-order valence-electron chi connectivity index (χ0n) is 16.1. The molecule has 2 heterocycles. The van der Waals surface area contributed by atoms with Gasteiger partial charge in [-0.15, -0.1) is 0 Å². The molecule has 4 rings (SSSR count). The average molecular weight is 404 g/mol. The lowest BCUT2D eigenvalue weighted by Gasteiger charge is -2.14. The van der Waals surface area contributed by atoms with Gasteiger partial charge in [0.15, 0.2) is 11.6 Å². The van der Waals surface area contributed by atoms with E-state index < -0.39 is 17.7 Å². The number of hydrogen-bond donors (Lipinski definition) is 1. The second-order valence-corrected chi connectivity index (χ2v) is 6.78. The highest BCUT2D eigenvalue weighted by Gasteiger charge is 2.21. The van der Waals surface area contributed by atoms with Gasteiger partial charge in [-0.3, -0.25) is 9.78 Å². The fourth-order valence-corrected chi connectivity index (χ4v) is 3.11. The Morgan fingerprint density at radius 3 is 2.53 bits per heavy atom. The Morgan fingerprint density at radius 2 is 1.83 bits per heavy atom. The van der Waals surface area contributed by atoms with E-state index >= 15 is 0 Å². The Balaban J connectivity index is 1.68. The average Bonchev–Trinajstić information content (AvgIpc) is 3.22. The molecule has 4 aromatic rings. The van der Waals surface area contributed by atoms with Crippen molar-refractivity contribution in [2.45, 2.75) is 13.0 Å². The van der Waals surface area contributed by atoms with Gasteiger partial charge in [0.1, 0.15) is 5.69 Å². The number of halogens is 2. The fraction of sp³-hybridized carbons (Fsp3) is 0.0870. The molecule has 0 bridgehead atoms. The van der Waals surface area contributed by atoms with Crippen molar-refractivity contribution in [2.24, 2.45) is 0 Å². The first-order chi connectivity index (χ1) is 14.5. The number of carbonyl (C=O) groups excluding carboxylic acids is 1. The molecule has 0 aliphatic heterocycles. The summed E-state index contributed by atoms with van der Waals surface area (Å²) in [5, 5.41) is 7.42. The summed E-state index contributed by atoms with van der Waals surface area (Å²) in [6.07, 6.45) is 4.92. The maximum Gasteiger partial charge on any atom is 0.255 e. The van der Waals surface area contributed by atoms with Crippen LogP contribution in [0.4, 0.5) is 8.78 Å². The van der Waals surface area contributed by atoms with Gasteiger partial charge < -0.3 is 5.32 Å². The third-order valence-electron chi connectivity index (χ3n) is 4.71. The summed E-state index contributed by atoms with van der Waals surface area (Å²) in [6, 6.07) is 16.0. The molecule has 0 saturated carbocycles. The van der Waals surface area contributed by atoms with E-state index in [0.717, 1.165) is 17.8 Å². The molecule has 0 spiro atoms. The minimum Gasteiger partial charge on any atom is -0.345 e. The van der Waals surface area contributed by atoms with E-state index in [1.165, 1.54) is 6.07 Å². The van der Waals surface area contributed by atoms with Crippen LogP contribution in [0.1, 0.15) is 28.9 Å². The molecule has 0 aliphatic carbocycles. The monoisotopic (exact) mass is 404 g/mol. The number of carbonyl (C=O) groups is 1. The summed E-state index contributed by atoms with van der Waals surface area (Å²) in [6.45, 7) is 1.70. The maximum absolute atomic E-state index is 13.6. The van der Waals surface area contributed by atoms with Crippen LogP contribution in [-0.2, 0) is 0 Å². The normalized spacial score (nSPS) is 11.8. The summed E-state index contributed by atoms with van der Waals surface area (Å²) < 4.78 is 28.4. The Bertz CT molecular complexity index is 1180. The van der Waals surface area contributed by atoms with E-state index in [2.05, 4.69) is 15.4 Å². The number of amides is 1. The van der Waals surface area contributed by atoms with Crippen molar-refractivity contribution in [1.29, 1.82) is 0 Å². The number of rotatable bonds is 5. The molecule has 1 amide bonds. The molecule has 0 saturated heterocycles. The van der Waals surface area contributed by atoms with Crippen molar-refractivity contribution in [2.75, 3.05) is 0 Å². The van der Waals surface area contributed by atoms with Gasteiger partial charge in [0.2, 0.25) is 0 Å². The number of aromatic nitrogens is 3. The van der Waals surface area contributed by atoms with Gasteiger partial charge in [-0.1, -0.05) is 24.3 Å². The van der Waals surface area contributed by atoms with Crippen molar-refractivity contribution in [3.05, 3.63) is 102 Å². The Morgan fingerprint density at radius 1 is 1.03 bits per heavy atom. The van der Waals surface area contributed by atoms with Crippen molar-refractivity contribution in [3.8, 4) is 16.9 Å². The quantitative estimate of drug-likeness (QED) is 0.524. The van der Waals surface area contributed by atoms with E-state index in [1.54, 1.807) is 36.3 Å². The molecule has 7 heteroatoms. The third-order valence-corrected chi connectivity index (χ3v) is 4.71. The SMILES string of the molecule is CC(NC(=O)c1cn(-c2ccccc2)nc1-c1cccnc1)c1ccc(F)c(F)c1. The van der Waals surface area contributed by atoms with Gasteiger partial charge in [0.25, 0.3) is 5.91 Å². The molecule has 0 aliphatic rings. The number of nitrogens with one attached hydrogen (secondary N) is 1. The molecule has 1 N–H and O–H groups in total. The lowest BCUT2D eigenvalue weighted by atomic mass is 10.1. The summed E-state index contributed by atoms with van der Waals surface area (Å²) in [5.74, 6) is -2.27. The van der Waals surface area contributed by atoms with E-state index in [1.807, 2.05) is 36.4 Å². The topological polar surface area (TPSA) is 59.8 Å². The van der Waals surface area contributed by atoms with Crippen molar-refractivity contribution in [3.63, 3.8) is 0 Å². The third kappa shape index (κ3) is 3.96. The van der Waals surface area contributed by atoms with Crippen LogP contribution in [0.15, 0.2) is 79.3 Å². The highest BCUT2D eigenvalue weighted by atomic mass is 19.2.